The summed E-state index contributed by atoms with van der Waals surface area (Å²) < 4.78 is 40.9. The molecule has 0 atom stereocenters. The lowest BCUT2D eigenvalue weighted by Crippen LogP contribution is -2.38. The quantitative estimate of drug-likeness (QED) is 0.890. The first-order valence-electron chi connectivity index (χ1n) is 5.13. The Morgan fingerprint density at radius 3 is 2.53 bits per heavy atom. The first-order chi connectivity index (χ1) is 7.83. The zero-order valence-electron chi connectivity index (χ0n) is 9.88. The van der Waals surface area contributed by atoms with Crippen LogP contribution in [0.1, 0.15) is 19.5 Å². The van der Waals surface area contributed by atoms with Gasteiger partial charge in [-0.1, -0.05) is 4.49 Å². The SMILES string of the molecule is CNc1snnc1CN(CC(F)(F)F)C(C)C. The Morgan fingerprint density at radius 2 is 2.06 bits per heavy atom. The van der Waals surface area contributed by atoms with Crippen molar-refractivity contribution in [2.24, 2.45) is 0 Å². The summed E-state index contributed by atoms with van der Waals surface area (Å²) in [7, 11) is 1.70. The van der Waals surface area contributed by atoms with Crippen LogP contribution < -0.4 is 5.32 Å². The summed E-state index contributed by atoms with van der Waals surface area (Å²) in [6.07, 6.45) is -4.20. The number of anilines is 1. The largest absolute Gasteiger partial charge is 0.401 e. The van der Waals surface area contributed by atoms with Crippen molar-refractivity contribution in [3.05, 3.63) is 5.69 Å². The Morgan fingerprint density at radius 1 is 1.41 bits per heavy atom. The lowest BCUT2D eigenvalue weighted by molar-refractivity contribution is -0.151. The molecular weight excluding hydrogens is 253 g/mol. The molecule has 1 aromatic rings. The average molecular weight is 268 g/mol. The Balaban J connectivity index is 2.74. The molecule has 0 aliphatic rings. The Bertz CT molecular complexity index is 350. The van der Waals surface area contributed by atoms with E-state index in [0.29, 0.717) is 10.7 Å². The fourth-order valence-electron chi connectivity index (χ4n) is 1.35. The molecule has 0 saturated heterocycles. The fraction of sp³-hybridized carbons (Fsp3) is 0.778. The van der Waals surface area contributed by atoms with Crippen LogP contribution in [-0.2, 0) is 6.54 Å². The standard InChI is InChI=1S/C9H15F3N4S/c1-6(2)16(5-9(10,11)12)4-7-8(13-3)17-15-14-7/h6,13H,4-5H2,1-3H3. The third-order valence-electron chi connectivity index (χ3n) is 2.25. The van der Waals surface area contributed by atoms with Crippen LogP contribution in [0.2, 0.25) is 0 Å². The Hall–Kier alpha value is -0.890. The van der Waals surface area contributed by atoms with Crippen LogP contribution in [0, 0.1) is 0 Å². The highest BCUT2D eigenvalue weighted by molar-refractivity contribution is 7.10. The summed E-state index contributed by atoms with van der Waals surface area (Å²) in [6, 6.07) is -0.206. The maximum atomic E-state index is 12.4. The van der Waals surface area contributed by atoms with Gasteiger partial charge in [-0.05, 0) is 13.8 Å². The molecular formula is C9H15F3N4S. The normalized spacial score (nSPS) is 12.5. The molecule has 1 rings (SSSR count). The van der Waals surface area contributed by atoms with E-state index in [2.05, 4.69) is 14.9 Å². The zero-order chi connectivity index (χ0) is 13.1. The molecule has 0 saturated carbocycles. The topological polar surface area (TPSA) is 41.1 Å². The van der Waals surface area contributed by atoms with Crippen LogP contribution >= 0.6 is 11.5 Å². The Labute approximate surface area is 102 Å². The van der Waals surface area contributed by atoms with Gasteiger partial charge >= 0.3 is 6.18 Å². The smallest absolute Gasteiger partial charge is 0.377 e. The third kappa shape index (κ3) is 4.47. The molecule has 0 unspecified atom stereocenters. The highest BCUT2D eigenvalue weighted by atomic mass is 32.1. The van der Waals surface area contributed by atoms with Gasteiger partial charge in [0.05, 0.1) is 6.54 Å². The molecule has 17 heavy (non-hydrogen) atoms. The second kappa shape index (κ2) is 5.63. The van der Waals surface area contributed by atoms with E-state index >= 15 is 0 Å². The van der Waals surface area contributed by atoms with E-state index in [1.165, 1.54) is 4.90 Å². The molecule has 1 N–H and O–H groups in total. The van der Waals surface area contributed by atoms with Crippen molar-refractivity contribution in [1.82, 2.24) is 14.5 Å². The number of rotatable bonds is 5. The van der Waals surface area contributed by atoms with Crippen LogP contribution in [0.15, 0.2) is 0 Å². The fourth-order valence-corrected chi connectivity index (χ4v) is 1.87. The number of hydrogen-bond acceptors (Lipinski definition) is 5. The number of halogens is 3. The lowest BCUT2D eigenvalue weighted by Gasteiger charge is -2.26. The molecule has 0 aromatic carbocycles. The second-order valence-electron chi connectivity index (χ2n) is 3.91. The highest BCUT2D eigenvalue weighted by Crippen LogP contribution is 2.23. The predicted octanol–water partition coefficient (Wildman–Crippen LogP) is 2.35. The molecule has 0 fully saturated rings. The van der Waals surface area contributed by atoms with E-state index in [9.17, 15) is 13.2 Å². The van der Waals surface area contributed by atoms with Crippen molar-refractivity contribution in [2.75, 3.05) is 18.9 Å². The second-order valence-corrected chi connectivity index (χ2v) is 4.67. The average Bonchev–Trinajstić information content (AvgIpc) is 2.62. The molecule has 1 heterocycles. The van der Waals surface area contributed by atoms with E-state index in [0.717, 1.165) is 11.5 Å². The molecule has 4 nitrogen and oxygen atoms in total. The summed E-state index contributed by atoms with van der Waals surface area (Å²) >= 11 is 1.14. The van der Waals surface area contributed by atoms with E-state index in [-0.39, 0.29) is 12.6 Å². The van der Waals surface area contributed by atoms with E-state index in [4.69, 9.17) is 0 Å². The van der Waals surface area contributed by atoms with Crippen LogP contribution in [0.4, 0.5) is 18.2 Å². The third-order valence-corrected chi connectivity index (χ3v) is 3.03. The zero-order valence-corrected chi connectivity index (χ0v) is 10.7. The molecule has 1 aromatic heterocycles. The minimum atomic E-state index is -4.20. The van der Waals surface area contributed by atoms with Gasteiger partial charge < -0.3 is 5.32 Å². The maximum absolute atomic E-state index is 12.4. The summed E-state index contributed by atoms with van der Waals surface area (Å²) in [5.74, 6) is 0. The van der Waals surface area contributed by atoms with Crippen molar-refractivity contribution in [3.63, 3.8) is 0 Å². The first-order valence-corrected chi connectivity index (χ1v) is 5.90. The molecule has 8 heteroatoms. The van der Waals surface area contributed by atoms with Crippen LogP contribution in [-0.4, -0.2) is 40.3 Å². The van der Waals surface area contributed by atoms with Gasteiger partial charge in [0, 0.05) is 31.2 Å². The Kier molecular flexibility index (Phi) is 4.70. The number of nitrogens with zero attached hydrogens (tertiary/aromatic N) is 3. The van der Waals surface area contributed by atoms with Gasteiger partial charge in [0.15, 0.2) is 0 Å². The summed E-state index contributed by atoms with van der Waals surface area (Å²) in [5, 5.41) is 7.41. The molecule has 0 radical (unpaired) electrons. The van der Waals surface area contributed by atoms with Gasteiger partial charge in [0.2, 0.25) is 0 Å². The lowest BCUT2D eigenvalue weighted by atomic mass is 10.3. The van der Waals surface area contributed by atoms with Crippen molar-refractivity contribution in [2.45, 2.75) is 32.6 Å². The molecule has 98 valence electrons. The van der Waals surface area contributed by atoms with Crippen LogP contribution in [0.25, 0.3) is 0 Å². The molecule has 0 amide bonds. The number of alkyl halides is 3. The monoisotopic (exact) mass is 268 g/mol. The van der Waals surface area contributed by atoms with E-state index in [1.807, 2.05) is 0 Å². The van der Waals surface area contributed by atoms with Crippen molar-refractivity contribution < 1.29 is 13.2 Å². The maximum Gasteiger partial charge on any atom is 0.401 e. The summed E-state index contributed by atoms with van der Waals surface area (Å²) in [4.78, 5) is 1.32. The number of hydrogen-bond donors (Lipinski definition) is 1. The van der Waals surface area contributed by atoms with E-state index < -0.39 is 12.7 Å². The van der Waals surface area contributed by atoms with Crippen molar-refractivity contribution in [1.29, 1.82) is 0 Å². The van der Waals surface area contributed by atoms with Gasteiger partial charge in [-0.3, -0.25) is 4.90 Å². The van der Waals surface area contributed by atoms with Crippen LogP contribution in [0.5, 0.6) is 0 Å². The first kappa shape index (κ1) is 14.2. The molecule has 0 spiro atoms. The van der Waals surface area contributed by atoms with E-state index in [1.54, 1.807) is 20.9 Å². The minimum Gasteiger partial charge on any atom is -0.377 e. The highest BCUT2D eigenvalue weighted by Gasteiger charge is 2.32. The number of aromatic nitrogens is 2. The van der Waals surface area contributed by atoms with Gasteiger partial charge in [-0.25, -0.2) is 0 Å². The van der Waals surface area contributed by atoms with Crippen molar-refractivity contribution in [3.8, 4) is 0 Å². The minimum absolute atomic E-state index is 0.143. The van der Waals surface area contributed by atoms with Gasteiger partial charge in [-0.2, -0.15) is 13.2 Å². The predicted molar refractivity (Wildman–Crippen MR) is 61.1 cm³/mol. The molecule has 0 aliphatic carbocycles. The number of nitrogens with one attached hydrogen (secondary N) is 1. The molecule has 0 aliphatic heterocycles. The summed E-state index contributed by atoms with van der Waals surface area (Å²) in [6.45, 7) is 2.66. The molecule has 0 bridgehead atoms. The summed E-state index contributed by atoms with van der Waals surface area (Å²) in [5.41, 5.74) is 0.551. The van der Waals surface area contributed by atoms with Crippen LogP contribution in [0.3, 0.4) is 0 Å². The van der Waals surface area contributed by atoms with Crippen molar-refractivity contribution >= 4 is 16.5 Å². The van der Waals surface area contributed by atoms with Gasteiger partial charge in [0.25, 0.3) is 0 Å². The van der Waals surface area contributed by atoms with Gasteiger partial charge in [-0.15, -0.1) is 5.10 Å². The van der Waals surface area contributed by atoms with Gasteiger partial charge in [0.1, 0.15) is 10.7 Å².